The number of aryl methyl sites for hydroxylation is 2. The second kappa shape index (κ2) is 8.89. The van der Waals surface area contributed by atoms with Crippen molar-refractivity contribution in [3.8, 4) is 0 Å². The molecule has 8 heteroatoms. The molecule has 1 heterocycles. The molecule has 128 valence electrons. The Kier molecular flexibility index (Phi) is 6.86. The van der Waals surface area contributed by atoms with Gasteiger partial charge in [-0.3, -0.25) is 9.59 Å². The van der Waals surface area contributed by atoms with Gasteiger partial charge in [0.25, 0.3) is 0 Å². The Balaban J connectivity index is 1.77. The van der Waals surface area contributed by atoms with Gasteiger partial charge >= 0.3 is 0 Å². The maximum Gasteiger partial charge on any atom is 0.226 e. The number of anilines is 2. The number of hydrogen-bond acceptors (Lipinski definition) is 5. The number of hydrogen-bond donors (Lipinski definition) is 2. The summed E-state index contributed by atoms with van der Waals surface area (Å²) in [4.78, 5) is 23.8. The van der Waals surface area contributed by atoms with Gasteiger partial charge in [0.05, 0.1) is 0 Å². The first-order chi connectivity index (χ1) is 11.5. The summed E-state index contributed by atoms with van der Waals surface area (Å²) in [5, 5.41) is 14.8. The zero-order valence-electron chi connectivity index (χ0n) is 13.6. The van der Waals surface area contributed by atoms with Gasteiger partial charge in [-0.25, -0.2) is 0 Å². The molecule has 0 saturated heterocycles. The first-order valence-corrected chi connectivity index (χ1v) is 9.27. The van der Waals surface area contributed by atoms with Gasteiger partial charge in [-0.05, 0) is 37.1 Å². The molecule has 1 aromatic carbocycles. The Labute approximate surface area is 153 Å². The summed E-state index contributed by atoms with van der Waals surface area (Å²) in [6, 6.07) is 5.56. The van der Waals surface area contributed by atoms with Crippen LogP contribution in [-0.4, -0.2) is 22.0 Å². The van der Waals surface area contributed by atoms with Crippen LogP contribution >= 0.6 is 27.3 Å². The van der Waals surface area contributed by atoms with Crippen molar-refractivity contribution in [2.24, 2.45) is 0 Å². The van der Waals surface area contributed by atoms with E-state index < -0.39 is 0 Å². The summed E-state index contributed by atoms with van der Waals surface area (Å²) in [6.07, 6.45) is 2.05. The van der Waals surface area contributed by atoms with Crippen LogP contribution in [0.3, 0.4) is 0 Å². The smallest absolute Gasteiger partial charge is 0.226 e. The van der Waals surface area contributed by atoms with Crippen molar-refractivity contribution in [1.82, 2.24) is 10.2 Å². The van der Waals surface area contributed by atoms with Crippen LogP contribution in [0.1, 0.15) is 36.8 Å². The van der Waals surface area contributed by atoms with Crippen LogP contribution in [0.25, 0.3) is 0 Å². The molecule has 0 unspecified atom stereocenters. The van der Waals surface area contributed by atoms with E-state index in [1.165, 1.54) is 11.3 Å². The average Bonchev–Trinajstić information content (AvgIpc) is 2.96. The lowest BCUT2D eigenvalue weighted by molar-refractivity contribution is -0.121. The highest BCUT2D eigenvalue weighted by atomic mass is 79.9. The number of nitrogens with one attached hydrogen (secondary N) is 2. The third-order valence-electron chi connectivity index (χ3n) is 3.20. The van der Waals surface area contributed by atoms with E-state index in [0.717, 1.165) is 33.6 Å². The zero-order valence-corrected chi connectivity index (χ0v) is 16.0. The number of nitrogens with zero attached hydrogens (tertiary/aromatic N) is 2. The summed E-state index contributed by atoms with van der Waals surface area (Å²) >= 11 is 4.78. The minimum atomic E-state index is -0.240. The van der Waals surface area contributed by atoms with Gasteiger partial charge in [0, 0.05) is 29.4 Å². The highest BCUT2D eigenvalue weighted by Crippen LogP contribution is 2.20. The van der Waals surface area contributed by atoms with Crippen molar-refractivity contribution in [3.05, 3.63) is 33.2 Å². The van der Waals surface area contributed by atoms with E-state index in [4.69, 9.17) is 0 Å². The third-order valence-corrected chi connectivity index (χ3v) is 4.99. The molecule has 2 amide bonds. The first-order valence-electron chi connectivity index (χ1n) is 7.66. The highest BCUT2D eigenvalue weighted by molar-refractivity contribution is 9.10. The molecule has 6 nitrogen and oxygen atoms in total. The Morgan fingerprint density at radius 2 is 1.88 bits per heavy atom. The van der Waals surface area contributed by atoms with Crippen LogP contribution in [0.4, 0.5) is 10.8 Å². The van der Waals surface area contributed by atoms with Gasteiger partial charge < -0.3 is 10.6 Å². The zero-order chi connectivity index (χ0) is 17.5. The van der Waals surface area contributed by atoms with E-state index in [1.807, 2.05) is 25.1 Å². The topological polar surface area (TPSA) is 84.0 Å². The minimum Gasteiger partial charge on any atom is -0.326 e. The SMILES string of the molecule is CCCc1nnc(NC(=O)CCC(=O)Nc2ccc(Br)c(C)c2)s1. The second-order valence-electron chi connectivity index (χ2n) is 5.31. The maximum atomic E-state index is 11.9. The Morgan fingerprint density at radius 3 is 2.54 bits per heavy atom. The van der Waals surface area contributed by atoms with Gasteiger partial charge in [0.15, 0.2) is 0 Å². The van der Waals surface area contributed by atoms with Gasteiger partial charge in [0.1, 0.15) is 5.01 Å². The molecule has 0 aliphatic heterocycles. The van der Waals surface area contributed by atoms with Crippen LogP contribution in [0.5, 0.6) is 0 Å². The van der Waals surface area contributed by atoms with Gasteiger partial charge in [0.2, 0.25) is 16.9 Å². The number of aromatic nitrogens is 2. The van der Waals surface area contributed by atoms with Gasteiger partial charge in [-0.1, -0.05) is 34.2 Å². The van der Waals surface area contributed by atoms with Crippen molar-refractivity contribution in [2.75, 3.05) is 10.6 Å². The quantitative estimate of drug-likeness (QED) is 0.724. The van der Waals surface area contributed by atoms with E-state index in [1.54, 1.807) is 0 Å². The molecule has 24 heavy (non-hydrogen) atoms. The summed E-state index contributed by atoms with van der Waals surface area (Å²) in [7, 11) is 0. The normalized spacial score (nSPS) is 10.5. The van der Waals surface area contributed by atoms with E-state index in [9.17, 15) is 9.59 Å². The van der Waals surface area contributed by atoms with Gasteiger partial charge in [-0.2, -0.15) is 0 Å². The molecule has 0 spiro atoms. The molecule has 0 aliphatic carbocycles. The van der Waals surface area contributed by atoms with Crippen molar-refractivity contribution in [2.45, 2.75) is 39.5 Å². The molecule has 0 bridgehead atoms. The Hall–Kier alpha value is -1.80. The van der Waals surface area contributed by atoms with Crippen LogP contribution in [0.2, 0.25) is 0 Å². The second-order valence-corrected chi connectivity index (χ2v) is 7.23. The van der Waals surface area contributed by atoms with Crippen LogP contribution in [0, 0.1) is 6.92 Å². The maximum absolute atomic E-state index is 11.9. The van der Waals surface area contributed by atoms with E-state index in [0.29, 0.717) is 5.13 Å². The van der Waals surface area contributed by atoms with Crippen molar-refractivity contribution in [3.63, 3.8) is 0 Å². The van der Waals surface area contributed by atoms with Crippen LogP contribution in [-0.2, 0) is 16.0 Å². The lowest BCUT2D eigenvalue weighted by Gasteiger charge is -2.07. The summed E-state index contributed by atoms with van der Waals surface area (Å²) < 4.78 is 0.986. The molecule has 0 atom stereocenters. The monoisotopic (exact) mass is 410 g/mol. The van der Waals surface area contributed by atoms with E-state index >= 15 is 0 Å². The number of benzene rings is 1. The summed E-state index contributed by atoms with van der Waals surface area (Å²) in [6.45, 7) is 4.01. The van der Waals surface area contributed by atoms with Crippen molar-refractivity contribution < 1.29 is 9.59 Å². The molecule has 2 rings (SSSR count). The fourth-order valence-corrected chi connectivity index (χ4v) is 3.08. The highest BCUT2D eigenvalue weighted by Gasteiger charge is 2.11. The minimum absolute atomic E-state index is 0.101. The molecule has 0 aliphatic rings. The summed E-state index contributed by atoms with van der Waals surface area (Å²) in [5.41, 5.74) is 1.75. The number of carbonyl (C=O) groups is 2. The van der Waals surface area contributed by atoms with Crippen molar-refractivity contribution in [1.29, 1.82) is 0 Å². The summed E-state index contributed by atoms with van der Waals surface area (Å²) in [5.74, 6) is -0.438. The molecular formula is C16H19BrN4O2S. The predicted molar refractivity (Wildman–Crippen MR) is 99.3 cm³/mol. The molecule has 1 aromatic heterocycles. The van der Waals surface area contributed by atoms with E-state index in [-0.39, 0.29) is 24.7 Å². The number of rotatable bonds is 7. The van der Waals surface area contributed by atoms with Crippen LogP contribution < -0.4 is 10.6 Å². The molecule has 0 fully saturated rings. The number of halogens is 1. The van der Waals surface area contributed by atoms with E-state index in [2.05, 4.69) is 43.7 Å². The Bertz CT molecular complexity index is 733. The molecule has 2 aromatic rings. The standard InChI is InChI=1S/C16H19BrN4O2S/c1-3-4-15-20-21-16(24-15)19-14(23)8-7-13(22)18-11-5-6-12(17)10(2)9-11/h5-6,9H,3-4,7-8H2,1-2H3,(H,18,22)(H,19,21,23). The number of amides is 2. The average molecular weight is 411 g/mol. The fourth-order valence-electron chi connectivity index (χ4n) is 1.97. The third kappa shape index (κ3) is 5.68. The van der Waals surface area contributed by atoms with Crippen molar-refractivity contribution >= 4 is 49.9 Å². The predicted octanol–water partition coefficient (Wildman–Crippen LogP) is 3.92. The van der Waals surface area contributed by atoms with Gasteiger partial charge in [-0.15, -0.1) is 10.2 Å². The lowest BCUT2D eigenvalue weighted by Crippen LogP contribution is -2.17. The lowest BCUT2D eigenvalue weighted by atomic mass is 10.2. The molecular weight excluding hydrogens is 392 g/mol. The molecule has 0 saturated carbocycles. The fraction of sp³-hybridized carbons (Fsp3) is 0.375. The van der Waals surface area contributed by atoms with Crippen LogP contribution in [0.15, 0.2) is 22.7 Å². The largest absolute Gasteiger partial charge is 0.326 e. The number of carbonyl (C=O) groups excluding carboxylic acids is 2. The molecule has 2 N–H and O–H groups in total. The molecule has 0 radical (unpaired) electrons. The Morgan fingerprint density at radius 1 is 1.17 bits per heavy atom. The first kappa shape index (κ1) is 18.5.